The first-order chi connectivity index (χ1) is 13.0. The number of carbonyl (C=O) groups is 2. The highest BCUT2D eigenvalue weighted by atomic mass is 35.5. The quantitative estimate of drug-likeness (QED) is 0.794. The molecule has 7 nitrogen and oxygen atoms in total. The second kappa shape index (κ2) is 8.54. The molecule has 0 saturated heterocycles. The summed E-state index contributed by atoms with van der Waals surface area (Å²) in [7, 11) is 0. The lowest BCUT2D eigenvalue weighted by atomic mass is 10.1. The predicted octanol–water partition coefficient (Wildman–Crippen LogP) is 2.86. The third-order valence-corrected chi connectivity index (χ3v) is 5.12. The second-order valence-corrected chi connectivity index (χ2v) is 7.10. The summed E-state index contributed by atoms with van der Waals surface area (Å²) in [4.78, 5) is 36.9. The Morgan fingerprint density at radius 2 is 1.89 bits per heavy atom. The average molecular weight is 409 g/mol. The van der Waals surface area contributed by atoms with Gasteiger partial charge in [-0.15, -0.1) is 0 Å². The van der Waals surface area contributed by atoms with E-state index in [0.29, 0.717) is 11.3 Å². The Balaban J connectivity index is 1.72. The Bertz CT molecular complexity index is 923. The highest BCUT2D eigenvalue weighted by Gasteiger charge is 2.20. The van der Waals surface area contributed by atoms with Crippen LogP contribution >= 0.6 is 23.2 Å². The molecule has 142 valence electrons. The fourth-order valence-corrected chi connectivity index (χ4v) is 3.28. The van der Waals surface area contributed by atoms with Crippen molar-refractivity contribution in [1.29, 1.82) is 0 Å². The van der Waals surface area contributed by atoms with Gasteiger partial charge in [-0.3, -0.25) is 14.4 Å². The lowest BCUT2D eigenvalue weighted by Gasteiger charge is -2.15. The zero-order valence-electron chi connectivity index (χ0n) is 14.4. The van der Waals surface area contributed by atoms with E-state index in [9.17, 15) is 14.4 Å². The van der Waals surface area contributed by atoms with Crippen molar-refractivity contribution in [2.24, 2.45) is 0 Å². The molecule has 1 aliphatic rings. The summed E-state index contributed by atoms with van der Waals surface area (Å²) >= 11 is 11.5. The first-order valence-corrected chi connectivity index (χ1v) is 9.32. The van der Waals surface area contributed by atoms with Gasteiger partial charge < -0.3 is 10.6 Å². The van der Waals surface area contributed by atoms with Crippen molar-refractivity contribution in [2.45, 2.75) is 38.3 Å². The van der Waals surface area contributed by atoms with E-state index in [-0.39, 0.29) is 28.5 Å². The van der Waals surface area contributed by atoms with Gasteiger partial charge in [0.15, 0.2) is 0 Å². The fourth-order valence-electron chi connectivity index (χ4n) is 3.01. The molecule has 0 spiro atoms. The van der Waals surface area contributed by atoms with Gasteiger partial charge in [0.1, 0.15) is 11.6 Å². The van der Waals surface area contributed by atoms with E-state index >= 15 is 0 Å². The molecule has 9 heteroatoms. The van der Waals surface area contributed by atoms with Crippen molar-refractivity contribution in [3.05, 3.63) is 56.4 Å². The molecular formula is C18H18Cl2N4O3. The number of hydrogen-bond donors (Lipinski definition) is 2. The maximum atomic E-state index is 12.5. The average Bonchev–Trinajstić information content (AvgIpc) is 3.15. The van der Waals surface area contributed by atoms with Crippen LogP contribution in [0.2, 0.25) is 10.0 Å². The molecule has 1 saturated carbocycles. The van der Waals surface area contributed by atoms with Crippen LogP contribution in [0.3, 0.4) is 0 Å². The summed E-state index contributed by atoms with van der Waals surface area (Å²) in [6.07, 6.45) is 5.34. The Morgan fingerprint density at radius 3 is 2.63 bits per heavy atom. The number of anilines is 1. The fraction of sp³-hybridized carbons (Fsp3) is 0.333. The third-order valence-electron chi connectivity index (χ3n) is 4.37. The molecular weight excluding hydrogens is 391 g/mol. The summed E-state index contributed by atoms with van der Waals surface area (Å²) in [5.41, 5.74) is 0.0740. The van der Waals surface area contributed by atoms with Gasteiger partial charge in [-0.25, -0.2) is 4.68 Å². The van der Waals surface area contributed by atoms with E-state index in [1.54, 1.807) is 24.3 Å². The van der Waals surface area contributed by atoms with Gasteiger partial charge in [0, 0.05) is 6.04 Å². The topological polar surface area (TPSA) is 93.1 Å². The molecule has 1 aliphatic carbocycles. The van der Waals surface area contributed by atoms with E-state index in [1.165, 1.54) is 6.20 Å². The van der Waals surface area contributed by atoms with E-state index < -0.39 is 11.5 Å². The number of para-hydroxylation sites is 1. The second-order valence-electron chi connectivity index (χ2n) is 6.32. The van der Waals surface area contributed by atoms with Gasteiger partial charge in [-0.2, -0.15) is 5.10 Å². The summed E-state index contributed by atoms with van der Waals surface area (Å²) < 4.78 is 0.907. The smallest absolute Gasteiger partial charge is 0.287 e. The first-order valence-electron chi connectivity index (χ1n) is 8.56. The molecule has 1 aromatic heterocycles. The highest BCUT2D eigenvalue weighted by Crippen LogP contribution is 2.20. The van der Waals surface area contributed by atoms with Gasteiger partial charge in [0.05, 0.1) is 22.5 Å². The van der Waals surface area contributed by atoms with Gasteiger partial charge >= 0.3 is 0 Å². The monoisotopic (exact) mass is 408 g/mol. The lowest BCUT2D eigenvalue weighted by Crippen LogP contribution is -2.34. The molecule has 0 unspecified atom stereocenters. The minimum absolute atomic E-state index is 0.0206. The zero-order chi connectivity index (χ0) is 19.4. The van der Waals surface area contributed by atoms with Crippen molar-refractivity contribution < 1.29 is 9.59 Å². The minimum Gasteiger partial charge on any atom is -0.349 e. The number of aromatic nitrogens is 2. The maximum absolute atomic E-state index is 12.5. The Kier molecular flexibility index (Phi) is 6.13. The van der Waals surface area contributed by atoms with Crippen LogP contribution in [0.1, 0.15) is 36.0 Å². The molecule has 3 rings (SSSR count). The molecule has 27 heavy (non-hydrogen) atoms. The van der Waals surface area contributed by atoms with Crippen LogP contribution < -0.4 is 16.2 Å². The van der Waals surface area contributed by atoms with Crippen LogP contribution in [0, 0.1) is 0 Å². The number of benzene rings is 1. The van der Waals surface area contributed by atoms with Crippen LogP contribution in [0.4, 0.5) is 5.69 Å². The van der Waals surface area contributed by atoms with Crippen molar-refractivity contribution in [3.8, 4) is 0 Å². The van der Waals surface area contributed by atoms with Crippen LogP contribution in [0.25, 0.3) is 0 Å². The van der Waals surface area contributed by atoms with Gasteiger partial charge in [0.2, 0.25) is 5.91 Å². The largest absolute Gasteiger partial charge is 0.349 e. The number of carbonyl (C=O) groups excluding carboxylic acids is 2. The number of halogens is 2. The lowest BCUT2D eigenvalue weighted by molar-refractivity contribution is -0.117. The first kappa shape index (κ1) is 19.4. The SMILES string of the molecule is O=C(Cn1ncc(Cl)c(Cl)c1=O)Nc1ccccc1C(=O)NC1CCCC1. The van der Waals surface area contributed by atoms with Gasteiger partial charge in [-0.05, 0) is 25.0 Å². The van der Waals surface area contributed by atoms with Crippen molar-refractivity contribution in [1.82, 2.24) is 15.1 Å². The predicted molar refractivity (Wildman–Crippen MR) is 103 cm³/mol. The van der Waals surface area contributed by atoms with Crippen LogP contribution in [-0.2, 0) is 11.3 Å². The molecule has 2 aromatic rings. The third kappa shape index (κ3) is 4.67. The van der Waals surface area contributed by atoms with E-state index in [4.69, 9.17) is 23.2 Å². The Morgan fingerprint density at radius 1 is 1.19 bits per heavy atom. The zero-order valence-corrected chi connectivity index (χ0v) is 15.9. The van der Waals surface area contributed by atoms with Crippen LogP contribution in [-0.4, -0.2) is 27.6 Å². The molecule has 1 fully saturated rings. The minimum atomic E-state index is -0.661. The normalized spacial score (nSPS) is 14.1. The van der Waals surface area contributed by atoms with Crippen molar-refractivity contribution >= 4 is 40.7 Å². The van der Waals surface area contributed by atoms with E-state index in [0.717, 1.165) is 30.4 Å². The number of nitrogens with zero attached hydrogens (tertiary/aromatic N) is 2. The van der Waals surface area contributed by atoms with E-state index in [1.807, 2.05) is 0 Å². The number of nitrogens with one attached hydrogen (secondary N) is 2. The summed E-state index contributed by atoms with van der Waals surface area (Å²) in [5, 5.41) is 9.26. The molecule has 2 N–H and O–H groups in total. The Labute approximate surface area is 165 Å². The molecule has 2 amide bonds. The number of amides is 2. The maximum Gasteiger partial charge on any atom is 0.287 e. The molecule has 0 atom stereocenters. The van der Waals surface area contributed by atoms with Crippen molar-refractivity contribution in [3.63, 3.8) is 0 Å². The van der Waals surface area contributed by atoms with Crippen LogP contribution in [0.5, 0.6) is 0 Å². The molecule has 0 aliphatic heterocycles. The standard InChI is InChI=1S/C18H18Cl2N4O3/c19-13-9-21-24(18(27)16(13)20)10-15(25)23-14-8-4-3-7-12(14)17(26)22-11-5-1-2-6-11/h3-4,7-9,11H,1-2,5-6,10H2,(H,22,26)(H,23,25). The molecule has 0 radical (unpaired) electrons. The van der Waals surface area contributed by atoms with Crippen LogP contribution in [0.15, 0.2) is 35.3 Å². The van der Waals surface area contributed by atoms with Gasteiger partial charge in [0.25, 0.3) is 11.5 Å². The number of rotatable bonds is 5. The van der Waals surface area contributed by atoms with Gasteiger partial charge in [-0.1, -0.05) is 48.2 Å². The van der Waals surface area contributed by atoms with E-state index in [2.05, 4.69) is 15.7 Å². The highest BCUT2D eigenvalue weighted by molar-refractivity contribution is 6.41. The Hall–Kier alpha value is -2.38. The summed E-state index contributed by atoms with van der Waals surface area (Å²) in [6.45, 7) is -0.353. The summed E-state index contributed by atoms with van der Waals surface area (Å²) in [6, 6.07) is 6.88. The number of hydrogen-bond acceptors (Lipinski definition) is 4. The summed E-state index contributed by atoms with van der Waals surface area (Å²) in [5.74, 6) is -0.744. The molecule has 1 heterocycles. The van der Waals surface area contributed by atoms with Crippen molar-refractivity contribution in [2.75, 3.05) is 5.32 Å². The molecule has 0 bridgehead atoms. The molecule has 1 aromatic carbocycles.